The molecule has 0 saturated heterocycles. The van der Waals surface area contributed by atoms with Crippen molar-refractivity contribution >= 4 is 23.3 Å². The van der Waals surface area contributed by atoms with E-state index in [2.05, 4.69) is 22.9 Å². The van der Waals surface area contributed by atoms with Crippen molar-refractivity contribution in [2.24, 2.45) is 5.92 Å². The summed E-state index contributed by atoms with van der Waals surface area (Å²) in [6.07, 6.45) is -4.78. The molecule has 0 aromatic rings. The average molecular weight is 230 g/mol. The third-order valence-corrected chi connectivity index (χ3v) is 1.74. The molecule has 0 aromatic carbocycles. The third-order valence-electron chi connectivity index (χ3n) is 1.39. The molecule has 0 aliphatic heterocycles. The molecule has 0 rings (SSSR count). The Morgan fingerprint density at radius 1 is 1.57 bits per heavy atom. The van der Waals surface area contributed by atoms with Crippen LogP contribution in [0.5, 0.6) is 0 Å². The molecule has 0 bridgehead atoms. The van der Waals surface area contributed by atoms with Gasteiger partial charge in [0.15, 0.2) is 11.0 Å². The maximum Gasteiger partial charge on any atom is 0.403 e. The maximum atomic E-state index is 12.0. The first-order valence-electron chi connectivity index (χ1n) is 3.54. The van der Waals surface area contributed by atoms with Gasteiger partial charge in [0.05, 0.1) is 0 Å². The molecule has 14 heavy (non-hydrogen) atoms. The summed E-state index contributed by atoms with van der Waals surface area (Å²) in [6, 6.07) is 0. The number of thiocarbonyl (C=S) groups is 1. The quantitative estimate of drug-likeness (QED) is 0.610. The number of carboxylic acid groups (broad SMARTS) is 1. The van der Waals surface area contributed by atoms with Crippen molar-refractivity contribution in [2.45, 2.75) is 6.18 Å². The number of aliphatic carboxylic acids is 1. The minimum absolute atomic E-state index is 0.0273. The van der Waals surface area contributed by atoms with Gasteiger partial charge in [0.2, 0.25) is 0 Å². The van der Waals surface area contributed by atoms with Gasteiger partial charge in [-0.05, 0) is 12.2 Å². The molecule has 1 atom stereocenters. The van der Waals surface area contributed by atoms with Gasteiger partial charge in [0.1, 0.15) is 0 Å². The van der Waals surface area contributed by atoms with Crippen molar-refractivity contribution < 1.29 is 23.1 Å². The summed E-state index contributed by atoms with van der Waals surface area (Å²) >= 11 is 4.50. The van der Waals surface area contributed by atoms with Crippen molar-refractivity contribution in [2.75, 3.05) is 13.6 Å². The largest absolute Gasteiger partial charge is 0.481 e. The molecule has 8 heteroatoms. The van der Waals surface area contributed by atoms with Gasteiger partial charge in [-0.15, -0.1) is 0 Å². The Kier molecular flexibility index (Phi) is 4.61. The van der Waals surface area contributed by atoms with Crippen LogP contribution in [0.1, 0.15) is 0 Å². The molecular weight excluding hydrogens is 221 g/mol. The Morgan fingerprint density at radius 3 is 2.36 bits per heavy atom. The lowest BCUT2D eigenvalue weighted by Gasteiger charge is -2.17. The monoisotopic (exact) mass is 230 g/mol. The van der Waals surface area contributed by atoms with Crippen molar-refractivity contribution in [1.29, 1.82) is 0 Å². The highest BCUT2D eigenvalue weighted by Gasteiger charge is 2.44. The first-order chi connectivity index (χ1) is 6.29. The lowest BCUT2D eigenvalue weighted by molar-refractivity contribution is -0.191. The predicted molar refractivity (Wildman–Crippen MR) is 46.8 cm³/mol. The van der Waals surface area contributed by atoms with E-state index in [9.17, 15) is 18.0 Å². The Labute approximate surface area is 83.5 Å². The van der Waals surface area contributed by atoms with Crippen LogP contribution in [0.4, 0.5) is 13.2 Å². The van der Waals surface area contributed by atoms with E-state index in [1.54, 1.807) is 0 Å². The highest BCUT2D eigenvalue weighted by Crippen LogP contribution is 2.25. The number of halogens is 3. The van der Waals surface area contributed by atoms with Crippen molar-refractivity contribution in [1.82, 2.24) is 10.6 Å². The summed E-state index contributed by atoms with van der Waals surface area (Å²) in [5.41, 5.74) is 0. The number of carbonyl (C=O) groups is 1. The molecular formula is C6H9F3N2O2S. The fourth-order valence-electron chi connectivity index (χ4n) is 0.626. The van der Waals surface area contributed by atoms with E-state index >= 15 is 0 Å². The lowest BCUT2D eigenvalue weighted by atomic mass is 10.1. The molecule has 0 aliphatic carbocycles. The minimum Gasteiger partial charge on any atom is -0.481 e. The fraction of sp³-hybridized carbons (Fsp3) is 0.667. The van der Waals surface area contributed by atoms with E-state index in [0.29, 0.717) is 0 Å². The van der Waals surface area contributed by atoms with Crippen LogP contribution in [0.25, 0.3) is 0 Å². The highest BCUT2D eigenvalue weighted by atomic mass is 32.1. The maximum absolute atomic E-state index is 12.0. The first kappa shape index (κ1) is 12.9. The molecule has 1 unspecified atom stereocenters. The van der Waals surface area contributed by atoms with E-state index in [0.717, 1.165) is 0 Å². The number of hydrogen-bond acceptors (Lipinski definition) is 2. The lowest BCUT2D eigenvalue weighted by Crippen LogP contribution is -2.43. The van der Waals surface area contributed by atoms with E-state index < -0.39 is 24.6 Å². The fourth-order valence-corrected chi connectivity index (χ4v) is 0.710. The van der Waals surface area contributed by atoms with Crippen molar-refractivity contribution in [3.63, 3.8) is 0 Å². The van der Waals surface area contributed by atoms with Gasteiger partial charge >= 0.3 is 12.1 Å². The predicted octanol–water partition coefficient (Wildman–Crippen LogP) is 0.343. The second-order valence-electron chi connectivity index (χ2n) is 2.39. The summed E-state index contributed by atoms with van der Waals surface area (Å²) in [4.78, 5) is 10.2. The molecule has 0 amide bonds. The van der Waals surface area contributed by atoms with Gasteiger partial charge in [-0.1, -0.05) is 0 Å². The molecule has 0 aromatic heterocycles. The van der Waals surface area contributed by atoms with Crippen LogP contribution in [0.3, 0.4) is 0 Å². The molecule has 4 nitrogen and oxygen atoms in total. The van der Waals surface area contributed by atoms with Gasteiger partial charge in [-0.25, -0.2) is 0 Å². The molecule has 0 fully saturated rings. The van der Waals surface area contributed by atoms with Gasteiger partial charge in [-0.3, -0.25) is 4.79 Å². The van der Waals surface area contributed by atoms with Gasteiger partial charge in [0, 0.05) is 13.6 Å². The Bertz CT molecular complexity index is 232. The molecule has 0 saturated carbocycles. The standard InChI is InChI=1S/C6H9F3N2O2S/c1-10-5(14)11-2-3(4(12)13)6(7,8)9/h3H,2H2,1H3,(H,12,13)(H2,10,11,14). The number of carboxylic acids is 1. The van der Waals surface area contributed by atoms with E-state index in [-0.39, 0.29) is 5.11 Å². The van der Waals surface area contributed by atoms with E-state index in [4.69, 9.17) is 5.11 Å². The molecule has 0 radical (unpaired) electrons. The summed E-state index contributed by atoms with van der Waals surface area (Å²) in [5, 5.41) is 12.8. The summed E-state index contributed by atoms with van der Waals surface area (Å²) in [6.45, 7) is -0.779. The second kappa shape index (κ2) is 4.99. The van der Waals surface area contributed by atoms with Crippen molar-refractivity contribution in [3.8, 4) is 0 Å². The molecule has 82 valence electrons. The van der Waals surface area contributed by atoms with E-state index in [1.165, 1.54) is 7.05 Å². The summed E-state index contributed by atoms with van der Waals surface area (Å²) in [7, 11) is 1.42. The third kappa shape index (κ3) is 4.26. The SMILES string of the molecule is CNC(=S)NCC(C(=O)O)C(F)(F)F. The van der Waals surface area contributed by atoms with E-state index in [1.807, 2.05) is 0 Å². The minimum atomic E-state index is -4.78. The zero-order chi connectivity index (χ0) is 11.4. The number of alkyl halides is 3. The van der Waals surface area contributed by atoms with Crippen LogP contribution in [-0.4, -0.2) is 36.0 Å². The van der Waals surface area contributed by atoms with Gasteiger partial charge in [-0.2, -0.15) is 13.2 Å². The molecule has 3 N–H and O–H groups in total. The second-order valence-corrected chi connectivity index (χ2v) is 2.80. The Balaban J connectivity index is 4.26. The van der Waals surface area contributed by atoms with Crippen LogP contribution >= 0.6 is 12.2 Å². The Hall–Kier alpha value is -1.05. The van der Waals surface area contributed by atoms with Crippen LogP contribution in [0.15, 0.2) is 0 Å². The van der Waals surface area contributed by atoms with Crippen LogP contribution in [-0.2, 0) is 4.79 Å². The number of hydrogen-bond donors (Lipinski definition) is 3. The summed E-state index contributed by atoms with van der Waals surface area (Å²) < 4.78 is 36.1. The van der Waals surface area contributed by atoms with Gasteiger partial charge in [0.25, 0.3) is 0 Å². The van der Waals surface area contributed by atoms with Crippen LogP contribution in [0, 0.1) is 5.92 Å². The van der Waals surface area contributed by atoms with Gasteiger partial charge < -0.3 is 15.7 Å². The summed E-state index contributed by atoms with van der Waals surface area (Å²) in [5.74, 6) is -4.38. The molecule has 0 heterocycles. The molecule has 0 aliphatic rings. The average Bonchev–Trinajstić information content (AvgIpc) is 2.01. The first-order valence-corrected chi connectivity index (χ1v) is 3.95. The highest BCUT2D eigenvalue weighted by molar-refractivity contribution is 7.80. The topological polar surface area (TPSA) is 61.4 Å². The zero-order valence-electron chi connectivity index (χ0n) is 7.18. The normalized spacial score (nSPS) is 13.1. The van der Waals surface area contributed by atoms with Crippen LogP contribution in [0.2, 0.25) is 0 Å². The number of rotatable bonds is 3. The smallest absolute Gasteiger partial charge is 0.403 e. The molecule has 0 spiro atoms. The zero-order valence-corrected chi connectivity index (χ0v) is 8.00. The Morgan fingerprint density at radius 2 is 2.07 bits per heavy atom. The van der Waals surface area contributed by atoms with Crippen LogP contribution < -0.4 is 10.6 Å². The van der Waals surface area contributed by atoms with Crippen molar-refractivity contribution in [3.05, 3.63) is 0 Å². The number of nitrogens with one attached hydrogen (secondary N) is 2.